The number of hydrogen-bond acceptors (Lipinski definition) is 5. The number of morpholine rings is 1. The maximum Gasteiger partial charge on any atom is 0.256 e. The highest BCUT2D eigenvalue weighted by Gasteiger charge is 2.14. The zero-order chi connectivity index (χ0) is 16.9. The second kappa shape index (κ2) is 7.46. The fourth-order valence-electron chi connectivity index (χ4n) is 2.74. The van der Waals surface area contributed by atoms with Gasteiger partial charge in [-0.15, -0.1) is 0 Å². The van der Waals surface area contributed by atoms with Crippen molar-refractivity contribution in [2.45, 2.75) is 0 Å². The molecule has 2 N–H and O–H groups in total. The van der Waals surface area contributed by atoms with Gasteiger partial charge in [-0.3, -0.25) is 14.5 Å². The number of nitrogens with zero attached hydrogens (tertiary/aromatic N) is 1. The molecule has 1 aliphatic heterocycles. The van der Waals surface area contributed by atoms with Crippen molar-refractivity contribution < 1.29 is 14.3 Å². The molecule has 2 heterocycles. The molecular formula is C17H21N3O4. The number of H-pyrrole nitrogens is 1. The number of fused-ring (bicyclic) bond motifs is 1. The normalized spacial score (nSPS) is 15.4. The van der Waals surface area contributed by atoms with Crippen LogP contribution in [0, 0.1) is 0 Å². The van der Waals surface area contributed by atoms with Crippen molar-refractivity contribution in [1.82, 2.24) is 15.2 Å². The minimum absolute atomic E-state index is 0.120. The van der Waals surface area contributed by atoms with Crippen molar-refractivity contribution in [3.05, 3.63) is 40.2 Å². The maximum absolute atomic E-state index is 12.5. The topological polar surface area (TPSA) is 83.7 Å². The SMILES string of the molecule is COc1ccc2c(=O)c(C(=O)NCCN3CCOCC3)c[nH]c2c1. The van der Waals surface area contributed by atoms with Crippen molar-refractivity contribution in [3.8, 4) is 5.75 Å². The number of carbonyl (C=O) groups is 1. The molecule has 24 heavy (non-hydrogen) atoms. The lowest BCUT2D eigenvalue weighted by molar-refractivity contribution is 0.0383. The van der Waals surface area contributed by atoms with Gasteiger partial charge in [0.2, 0.25) is 5.43 Å². The van der Waals surface area contributed by atoms with Gasteiger partial charge in [0.05, 0.1) is 25.8 Å². The van der Waals surface area contributed by atoms with Crippen LogP contribution < -0.4 is 15.5 Å². The largest absolute Gasteiger partial charge is 0.497 e. The molecule has 7 nitrogen and oxygen atoms in total. The molecule has 3 rings (SSSR count). The Morgan fingerprint density at radius 2 is 2.17 bits per heavy atom. The number of aromatic amines is 1. The summed E-state index contributed by atoms with van der Waals surface area (Å²) in [7, 11) is 1.57. The highest BCUT2D eigenvalue weighted by atomic mass is 16.5. The Morgan fingerprint density at radius 1 is 1.38 bits per heavy atom. The van der Waals surface area contributed by atoms with E-state index in [1.165, 1.54) is 6.20 Å². The van der Waals surface area contributed by atoms with Crippen LogP contribution in [0.25, 0.3) is 10.9 Å². The standard InChI is InChI=1S/C17H21N3O4/c1-23-12-2-3-13-15(10-12)19-11-14(16(13)21)17(22)18-4-5-20-6-8-24-9-7-20/h2-3,10-11H,4-9H2,1H3,(H,18,22)(H,19,21). The molecule has 0 spiro atoms. The first kappa shape index (κ1) is 16.5. The average Bonchev–Trinajstić information content (AvgIpc) is 2.62. The van der Waals surface area contributed by atoms with Crippen molar-refractivity contribution in [2.75, 3.05) is 46.5 Å². The maximum atomic E-state index is 12.5. The van der Waals surface area contributed by atoms with Crippen LogP contribution >= 0.6 is 0 Å². The highest BCUT2D eigenvalue weighted by molar-refractivity contribution is 5.97. The van der Waals surface area contributed by atoms with Gasteiger partial charge in [-0.2, -0.15) is 0 Å². The molecule has 0 bridgehead atoms. The van der Waals surface area contributed by atoms with E-state index in [9.17, 15) is 9.59 Å². The van der Waals surface area contributed by atoms with E-state index in [0.717, 1.165) is 32.8 Å². The number of pyridine rings is 1. The fourth-order valence-corrected chi connectivity index (χ4v) is 2.74. The minimum atomic E-state index is -0.359. The predicted octanol–water partition coefficient (Wildman–Crippen LogP) is 0.599. The van der Waals surface area contributed by atoms with Gasteiger partial charge in [0.1, 0.15) is 11.3 Å². The number of amides is 1. The molecular weight excluding hydrogens is 310 g/mol. The van der Waals surface area contributed by atoms with E-state index in [1.54, 1.807) is 25.3 Å². The Labute approximate surface area is 139 Å². The number of ether oxygens (including phenoxy) is 2. The highest BCUT2D eigenvalue weighted by Crippen LogP contribution is 2.16. The Bertz CT molecular complexity index is 781. The Hall–Kier alpha value is -2.38. The molecule has 128 valence electrons. The molecule has 1 aliphatic rings. The third kappa shape index (κ3) is 3.58. The molecule has 1 amide bonds. The smallest absolute Gasteiger partial charge is 0.256 e. The number of rotatable bonds is 5. The summed E-state index contributed by atoms with van der Waals surface area (Å²) in [6.45, 7) is 4.43. The number of nitrogens with one attached hydrogen (secondary N) is 2. The molecule has 0 aliphatic carbocycles. The number of carbonyl (C=O) groups excluding carboxylic acids is 1. The van der Waals surface area contributed by atoms with Crippen LogP contribution in [-0.2, 0) is 4.74 Å². The lowest BCUT2D eigenvalue weighted by Crippen LogP contribution is -2.41. The first-order valence-electron chi connectivity index (χ1n) is 7.97. The minimum Gasteiger partial charge on any atom is -0.497 e. The summed E-state index contributed by atoms with van der Waals surface area (Å²) in [4.78, 5) is 30.0. The van der Waals surface area contributed by atoms with Crippen LogP contribution in [0.3, 0.4) is 0 Å². The quantitative estimate of drug-likeness (QED) is 0.838. The van der Waals surface area contributed by atoms with E-state index in [2.05, 4.69) is 15.2 Å². The van der Waals surface area contributed by atoms with Crippen LogP contribution in [0.15, 0.2) is 29.2 Å². The Morgan fingerprint density at radius 3 is 2.92 bits per heavy atom. The summed E-state index contributed by atoms with van der Waals surface area (Å²) in [5, 5.41) is 3.28. The summed E-state index contributed by atoms with van der Waals surface area (Å²) in [6.07, 6.45) is 1.45. The zero-order valence-electron chi connectivity index (χ0n) is 13.6. The number of methoxy groups -OCH3 is 1. The monoisotopic (exact) mass is 331 g/mol. The summed E-state index contributed by atoms with van der Waals surface area (Å²) in [5.41, 5.74) is 0.481. The fraction of sp³-hybridized carbons (Fsp3) is 0.412. The zero-order valence-corrected chi connectivity index (χ0v) is 13.6. The number of hydrogen-bond donors (Lipinski definition) is 2. The summed E-state index contributed by atoms with van der Waals surface area (Å²) in [5.74, 6) is 0.295. The summed E-state index contributed by atoms with van der Waals surface area (Å²) >= 11 is 0. The van der Waals surface area contributed by atoms with Crippen molar-refractivity contribution in [3.63, 3.8) is 0 Å². The van der Waals surface area contributed by atoms with E-state index < -0.39 is 0 Å². The van der Waals surface area contributed by atoms with Gasteiger partial charge >= 0.3 is 0 Å². The number of benzene rings is 1. The van der Waals surface area contributed by atoms with Gasteiger partial charge in [-0.25, -0.2) is 0 Å². The number of aromatic nitrogens is 1. The van der Waals surface area contributed by atoms with E-state index in [4.69, 9.17) is 9.47 Å². The van der Waals surface area contributed by atoms with Crippen LogP contribution in [0.2, 0.25) is 0 Å². The molecule has 1 fully saturated rings. The molecule has 0 saturated carbocycles. The van der Waals surface area contributed by atoms with Gasteiger partial charge in [0.25, 0.3) is 5.91 Å². The molecule has 1 aromatic heterocycles. The molecule has 7 heteroatoms. The van der Waals surface area contributed by atoms with Gasteiger partial charge in [0.15, 0.2) is 0 Å². The Kier molecular flexibility index (Phi) is 5.12. The second-order valence-electron chi connectivity index (χ2n) is 5.65. The van der Waals surface area contributed by atoms with Crippen molar-refractivity contribution in [2.24, 2.45) is 0 Å². The molecule has 0 atom stereocenters. The lowest BCUT2D eigenvalue weighted by atomic mass is 10.1. The van der Waals surface area contributed by atoms with Crippen LogP contribution in [0.5, 0.6) is 5.75 Å². The van der Waals surface area contributed by atoms with E-state index in [1.807, 2.05) is 0 Å². The van der Waals surface area contributed by atoms with Gasteiger partial charge in [-0.1, -0.05) is 0 Å². The molecule has 1 aromatic carbocycles. The van der Waals surface area contributed by atoms with E-state index in [0.29, 0.717) is 23.2 Å². The van der Waals surface area contributed by atoms with Gasteiger partial charge in [0, 0.05) is 43.8 Å². The Balaban J connectivity index is 1.68. The third-order valence-electron chi connectivity index (χ3n) is 4.15. The van der Waals surface area contributed by atoms with Crippen molar-refractivity contribution in [1.29, 1.82) is 0 Å². The van der Waals surface area contributed by atoms with Gasteiger partial charge < -0.3 is 19.8 Å². The first-order valence-corrected chi connectivity index (χ1v) is 7.97. The molecule has 2 aromatic rings. The lowest BCUT2D eigenvalue weighted by Gasteiger charge is -2.26. The van der Waals surface area contributed by atoms with Crippen LogP contribution in [0.4, 0.5) is 0 Å². The molecule has 0 radical (unpaired) electrons. The van der Waals surface area contributed by atoms with Crippen LogP contribution in [0.1, 0.15) is 10.4 Å². The van der Waals surface area contributed by atoms with E-state index in [-0.39, 0.29) is 16.9 Å². The van der Waals surface area contributed by atoms with Crippen LogP contribution in [-0.4, -0.2) is 62.3 Å². The average molecular weight is 331 g/mol. The molecule has 1 saturated heterocycles. The third-order valence-corrected chi connectivity index (χ3v) is 4.15. The summed E-state index contributed by atoms with van der Waals surface area (Å²) in [6, 6.07) is 5.10. The van der Waals surface area contributed by atoms with Gasteiger partial charge in [-0.05, 0) is 12.1 Å². The predicted molar refractivity (Wildman–Crippen MR) is 90.7 cm³/mol. The van der Waals surface area contributed by atoms with E-state index >= 15 is 0 Å². The first-order chi connectivity index (χ1) is 11.7. The van der Waals surface area contributed by atoms with Crippen molar-refractivity contribution >= 4 is 16.8 Å². The molecule has 0 unspecified atom stereocenters. The summed E-state index contributed by atoms with van der Waals surface area (Å²) < 4.78 is 10.4. The second-order valence-corrected chi connectivity index (χ2v) is 5.65.